The predicted octanol–water partition coefficient (Wildman–Crippen LogP) is 3.11. The molecule has 1 aromatic carbocycles. The number of nitrogens with zero attached hydrogens (tertiary/aromatic N) is 1. The van der Waals surface area contributed by atoms with E-state index in [0.717, 1.165) is 6.42 Å². The molecule has 1 aliphatic rings. The van der Waals surface area contributed by atoms with E-state index >= 15 is 0 Å². The molecule has 0 radical (unpaired) electrons. The smallest absolute Gasteiger partial charge is 0.419 e. The summed E-state index contributed by atoms with van der Waals surface area (Å²) in [6.45, 7) is 9.81. The van der Waals surface area contributed by atoms with Crippen molar-refractivity contribution in [3.05, 3.63) is 29.8 Å². The van der Waals surface area contributed by atoms with Crippen LogP contribution in [0.25, 0.3) is 0 Å². The molecule has 1 heterocycles. The van der Waals surface area contributed by atoms with Gasteiger partial charge < -0.3 is 24.6 Å². The fourth-order valence-corrected chi connectivity index (χ4v) is 3.81. The normalized spacial score (nSPS) is 19.0. The Morgan fingerprint density at radius 3 is 2.66 bits per heavy atom. The highest BCUT2D eigenvalue weighted by Gasteiger charge is 2.42. The largest absolute Gasteiger partial charge is 0.493 e. The summed E-state index contributed by atoms with van der Waals surface area (Å²) in [7, 11) is 1.64. The second-order valence-corrected chi connectivity index (χ2v) is 8.84. The van der Waals surface area contributed by atoms with Gasteiger partial charge in [0.2, 0.25) is 0 Å². The van der Waals surface area contributed by atoms with Crippen molar-refractivity contribution in [2.24, 2.45) is 11.8 Å². The van der Waals surface area contributed by atoms with Crippen LogP contribution in [0.15, 0.2) is 24.3 Å². The lowest BCUT2D eigenvalue weighted by molar-refractivity contribution is -0.0753. The number of para-hydroxylation sites is 1. The maximum atomic E-state index is 12.9. The molecule has 0 unspecified atom stereocenters. The number of hydrogen-bond acceptors (Lipinski definition) is 6. The lowest BCUT2D eigenvalue weighted by Gasteiger charge is -2.34. The minimum absolute atomic E-state index is 0.123. The van der Waals surface area contributed by atoms with Crippen LogP contribution in [0.4, 0.5) is 4.79 Å². The Kier molecular flexibility index (Phi) is 9.74. The molecular formula is C23H37N3O6. The minimum atomic E-state index is -1.12. The number of carboxylic acid groups (broad SMARTS) is 1. The second-order valence-electron chi connectivity index (χ2n) is 8.84. The molecule has 0 aliphatic carbocycles. The SMILES string of the molecule is COCCCOc1ccccc1C(=O)NC[C@@H](C[C@H]1COC(C)(C)N1NC(=O)O)C(C)C. The highest BCUT2D eigenvalue weighted by molar-refractivity contribution is 5.96. The molecule has 0 bridgehead atoms. The summed E-state index contributed by atoms with van der Waals surface area (Å²) in [5, 5.41) is 13.9. The van der Waals surface area contributed by atoms with Crippen molar-refractivity contribution in [2.75, 3.05) is 33.5 Å². The molecule has 9 heteroatoms. The third-order valence-corrected chi connectivity index (χ3v) is 5.71. The van der Waals surface area contributed by atoms with Gasteiger partial charge in [-0.3, -0.25) is 10.2 Å². The van der Waals surface area contributed by atoms with Gasteiger partial charge in [0.1, 0.15) is 11.5 Å². The zero-order valence-electron chi connectivity index (χ0n) is 19.7. The number of amides is 2. The molecule has 9 nitrogen and oxygen atoms in total. The maximum Gasteiger partial charge on any atom is 0.419 e. The Morgan fingerprint density at radius 1 is 1.28 bits per heavy atom. The Balaban J connectivity index is 1.99. The fourth-order valence-electron chi connectivity index (χ4n) is 3.81. The molecule has 0 aromatic heterocycles. The van der Waals surface area contributed by atoms with Crippen LogP contribution in [0.3, 0.4) is 0 Å². The number of hydrogen-bond donors (Lipinski definition) is 3. The molecule has 2 atom stereocenters. The van der Waals surface area contributed by atoms with Crippen LogP contribution in [-0.2, 0) is 9.47 Å². The molecule has 1 saturated heterocycles. The summed E-state index contributed by atoms with van der Waals surface area (Å²) in [4.78, 5) is 24.1. The molecule has 1 fully saturated rings. The summed E-state index contributed by atoms with van der Waals surface area (Å²) >= 11 is 0. The van der Waals surface area contributed by atoms with Crippen molar-refractivity contribution >= 4 is 12.0 Å². The molecule has 32 heavy (non-hydrogen) atoms. The van der Waals surface area contributed by atoms with Crippen LogP contribution in [-0.4, -0.2) is 67.4 Å². The average molecular weight is 452 g/mol. The number of ether oxygens (including phenoxy) is 3. The first-order valence-corrected chi connectivity index (χ1v) is 11.1. The van der Waals surface area contributed by atoms with E-state index in [9.17, 15) is 14.7 Å². The molecule has 180 valence electrons. The first kappa shape index (κ1) is 25.9. The van der Waals surface area contributed by atoms with Crippen molar-refractivity contribution < 1.29 is 28.9 Å². The monoisotopic (exact) mass is 451 g/mol. The van der Waals surface area contributed by atoms with Gasteiger partial charge in [0.25, 0.3) is 5.91 Å². The molecule has 3 N–H and O–H groups in total. The Hall–Kier alpha value is -2.36. The van der Waals surface area contributed by atoms with Crippen molar-refractivity contribution in [1.29, 1.82) is 0 Å². The van der Waals surface area contributed by atoms with Gasteiger partial charge in [-0.1, -0.05) is 26.0 Å². The van der Waals surface area contributed by atoms with Gasteiger partial charge in [0, 0.05) is 26.7 Å². The minimum Gasteiger partial charge on any atom is -0.493 e. The van der Waals surface area contributed by atoms with Gasteiger partial charge in [0.05, 0.1) is 24.8 Å². The highest BCUT2D eigenvalue weighted by atomic mass is 16.5. The van der Waals surface area contributed by atoms with Crippen molar-refractivity contribution in [3.63, 3.8) is 0 Å². The summed E-state index contributed by atoms with van der Waals surface area (Å²) in [5.41, 5.74) is 2.23. The van der Waals surface area contributed by atoms with E-state index in [4.69, 9.17) is 14.2 Å². The standard InChI is InChI=1S/C23H37N3O6/c1-16(2)17(13-18-15-32-23(3,4)26(18)25-22(28)29)14-24-21(27)19-9-6-7-10-20(19)31-12-8-11-30-5/h6-7,9-10,16-18,25H,8,11-15H2,1-5H3,(H,24,27)(H,28,29)/t17-,18+/m1/s1. The molecule has 0 spiro atoms. The summed E-state index contributed by atoms with van der Waals surface area (Å²) in [6.07, 6.45) is 0.296. The lowest BCUT2D eigenvalue weighted by Crippen LogP contribution is -2.55. The topological polar surface area (TPSA) is 109 Å². The van der Waals surface area contributed by atoms with Gasteiger partial charge >= 0.3 is 6.09 Å². The van der Waals surface area contributed by atoms with Crippen molar-refractivity contribution in [3.8, 4) is 5.75 Å². The van der Waals surface area contributed by atoms with Crippen molar-refractivity contribution in [2.45, 2.75) is 52.3 Å². The fraction of sp³-hybridized carbons (Fsp3) is 0.652. The number of nitrogens with one attached hydrogen (secondary N) is 2. The van der Waals surface area contributed by atoms with Gasteiger partial charge in [-0.2, -0.15) is 5.01 Å². The number of carbonyl (C=O) groups is 2. The maximum absolute atomic E-state index is 12.9. The van der Waals surface area contributed by atoms with Crippen LogP contribution < -0.4 is 15.5 Å². The first-order chi connectivity index (χ1) is 15.2. The summed E-state index contributed by atoms with van der Waals surface area (Å²) in [5.74, 6) is 0.770. The van der Waals surface area contributed by atoms with Gasteiger partial charge in [-0.05, 0) is 44.2 Å². The van der Waals surface area contributed by atoms with Crippen molar-refractivity contribution in [1.82, 2.24) is 15.8 Å². The van der Waals surface area contributed by atoms with Crippen LogP contribution in [0.2, 0.25) is 0 Å². The van der Waals surface area contributed by atoms with E-state index in [-0.39, 0.29) is 23.8 Å². The van der Waals surface area contributed by atoms with E-state index < -0.39 is 11.8 Å². The summed E-state index contributed by atoms with van der Waals surface area (Å²) in [6, 6.07) is 7.06. The predicted molar refractivity (Wildman–Crippen MR) is 121 cm³/mol. The van der Waals surface area contributed by atoms with E-state index in [1.54, 1.807) is 24.3 Å². The third-order valence-electron chi connectivity index (χ3n) is 5.71. The van der Waals surface area contributed by atoms with Gasteiger partial charge in [0.15, 0.2) is 0 Å². The van der Waals surface area contributed by atoms with Gasteiger partial charge in [-0.15, -0.1) is 0 Å². The Bertz CT molecular complexity index is 755. The Labute approximate surface area is 190 Å². The average Bonchev–Trinajstić information content (AvgIpc) is 3.01. The van der Waals surface area contributed by atoms with Crippen LogP contribution in [0.5, 0.6) is 5.75 Å². The molecular weight excluding hydrogens is 414 g/mol. The molecule has 0 saturated carbocycles. The third kappa shape index (κ3) is 7.36. The van der Waals surface area contributed by atoms with Crippen LogP contribution in [0, 0.1) is 11.8 Å². The number of methoxy groups -OCH3 is 1. The second kappa shape index (κ2) is 12.0. The number of carbonyl (C=O) groups excluding carboxylic acids is 1. The molecule has 1 aliphatic heterocycles. The number of benzene rings is 1. The zero-order chi connectivity index (χ0) is 23.7. The molecule has 2 rings (SSSR count). The lowest BCUT2D eigenvalue weighted by atomic mass is 9.89. The number of rotatable bonds is 12. The van der Waals surface area contributed by atoms with Crippen LogP contribution in [0.1, 0.15) is 50.9 Å². The van der Waals surface area contributed by atoms with E-state index in [0.29, 0.717) is 44.1 Å². The van der Waals surface area contributed by atoms with E-state index in [1.165, 1.54) is 0 Å². The van der Waals surface area contributed by atoms with E-state index in [1.807, 2.05) is 26.0 Å². The summed E-state index contributed by atoms with van der Waals surface area (Å²) < 4.78 is 16.6. The Morgan fingerprint density at radius 2 is 2.00 bits per heavy atom. The number of hydrazine groups is 1. The quantitative estimate of drug-likeness (QED) is 0.419. The molecule has 1 aromatic rings. The highest BCUT2D eigenvalue weighted by Crippen LogP contribution is 2.30. The van der Waals surface area contributed by atoms with E-state index in [2.05, 4.69) is 24.6 Å². The van der Waals surface area contributed by atoms with Crippen LogP contribution >= 0.6 is 0 Å². The first-order valence-electron chi connectivity index (χ1n) is 11.1. The van der Waals surface area contributed by atoms with Gasteiger partial charge in [-0.25, -0.2) is 4.79 Å². The zero-order valence-corrected chi connectivity index (χ0v) is 19.7. The molecule has 2 amide bonds.